The molecule has 0 unspecified atom stereocenters. The standard InChI is InChI=1S/C10H15NO3/c1-5-6-14-10(13)8(2)7-9(12)11(3)4/h5,7H,1,6H2,2-4H3/b8-7+. The van der Waals surface area contributed by atoms with Crippen LogP contribution in [0.2, 0.25) is 0 Å². The van der Waals surface area contributed by atoms with Gasteiger partial charge < -0.3 is 9.64 Å². The second kappa shape index (κ2) is 5.96. The van der Waals surface area contributed by atoms with Crippen molar-refractivity contribution in [1.82, 2.24) is 4.90 Å². The van der Waals surface area contributed by atoms with E-state index in [0.29, 0.717) is 0 Å². The summed E-state index contributed by atoms with van der Waals surface area (Å²) in [5.41, 5.74) is 0.283. The predicted molar refractivity (Wildman–Crippen MR) is 53.6 cm³/mol. The Morgan fingerprint density at radius 2 is 2.00 bits per heavy atom. The number of carbonyl (C=O) groups excluding carboxylic acids is 2. The lowest BCUT2D eigenvalue weighted by atomic mass is 10.3. The third kappa shape index (κ3) is 4.45. The van der Waals surface area contributed by atoms with Crippen LogP contribution in [0.5, 0.6) is 0 Å². The van der Waals surface area contributed by atoms with E-state index in [1.165, 1.54) is 24.0 Å². The van der Waals surface area contributed by atoms with Crippen molar-refractivity contribution in [2.45, 2.75) is 6.92 Å². The summed E-state index contributed by atoms with van der Waals surface area (Å²) in [6.07, 6.45) is 2.71. The van der Waals surface area contributed by atoms with Gasteiger partial charge in [0.05, 0.1) is 0 Å². The first-order chi connectivity index (χ1) is 6.49. The quantitative estimate of drug-likeness (QED) is 0.379. The molecule has 0 spiro atoms. The van der Waals surface area contributed by atoms with Crippen LogP contribution in [0.1, 0.15) is 6.92 Å². The smallest absolute Gasteiger partial charge is 0.334 e. The summed E-state index contributed by atoms with van der Waals surface area (Å²) in [5.74, 6) is -0.738. The minimum absolute atomic E-state index is 0.153. The third-order valence-corrected chi connectivity index (χ3v) is 1.44. The lowest BCUT2D eigenvalue weighted by molar-refractivity contribution is -0.138. The molecule has 0 aliphatic rings. The molecule has 0 bridgehead atoms. The fourth-order valence-corrected chi connectivity index (χ4v) is 0.622. The number of likely N-dealkylation sites (N-methyl/N-ethyl adjacent to an activating group) is 1. The zero-order chi connectivity index (χ0) is 11.1. The Labute approximate surface area is 83.8 Å². The fraction of sp³-hybridized carbons (Fsp3) is 0.400. The maximum Gasteiger partial charge on any atom is 0.334 e. The molecule has 14 heavy (non-hydrogen) atoms. The van der Waals surface area contributed by atoms with Crippen molar-refractivity contribution < 1.29 is 14.3 Å². The molecule has 0 aromatic heterocycles. The highest BCUT2D eigenvalue weighted by molar-refractivity contribution is 5.97. The molecule has 0 N–H and O–H groups in total. The minimum atomic E-state index is -0.500. The van der Waals surface area contributed by atoms with Crippen LogP contribution in [0.4, 0.5) is 0 Å². The van der Waals surface area contributed by atoms with Crippen molar-refractivity contribution in [3.8, 4) is 0 Å². The maximum atomic E-state index is 11.2. The van der Waals surface area contributed by atoms with E-state index in [4.69, 9.17) is 4.74 Å². The Bertz CT molecular complexity index is 267. The summed E-state index contributed by atoms with van der Waals surface area (Å²) < 4.78 is 4.74. The van der Waals surface area contributed by atoms with Crippen LogP contribution < -0.4 is 0 Å². The molecule has 0 aliphatic carbocycles. The van der Waals surface area contributed by atoms with E-state index >= 15 is 0 Å². The van der Waals surface area contributed by atoms with Crippen molar-refractivity contribution in [2.24, 2.45) is 0 Å². The second-order valence-electron chi connectivity index (χ2n) is 2.95. The lowest BCUT2D eigenvalue weighted by Crippen LogP contribution is -2.20. The Balaban J connectivity index is 4.30. The van der Waals surface area contributed by atoms with Crippen LogP contribution in [-0.4, -0.2) is 37.5 Å². The van der Waals surface area contributed by atoms with Gasteiger partial charge in [-0.25, -0.2) is 4.79 Å². The van der Waals surface area contributed by atoms with Crippen LogP contribution in [0.15, 0.2) is 24.3 Å². The molecule has 0 heterocycles. The van der Waals surface area contributed by atoms with Crippen molar-refractivity contribution in [3.05, 3.63) is 24.3 Å². The highest BCUT2D eigenvalue weighted by Crippen LogP contribution is 1.97. The van der Waals surface area contributed by atoms with Crippen LogP contribution >= 0.6 is 0 Å². The SMILES string of the molecule is C=CCOC(=O)/C(C)=C/C(=O)N(C)C. The fourth-order valence-electron chi connectivity index (χ4n) is 0.622. The zero-order valence-electron chi connectivity index (χ0n) is 8.74. The van der Waals surface area contributed by atoms with E-state index in [1.807, 2.05) is 0 Å². The van der Waals surface area contributed by atoms with Crippen molar-refractivity contribution in [3.63, 3.8) is 0 Å². The van der Waals surface area contributed by atoms with E-state index in [9.17, 15) is 9.59 Å². The number of rotatable bonds is 4. The van der Waals surface area contributed by atoms with E-state index in [-0.39, 0.29) is 18.1 Å². The largest absolute Gasteiger partial charge is 0.458 e. The number of nitrogens with zero attached hydrogens (tertiary/aromatic N) is 1. The Hall–Kier alpha value is -1.58. The molecule has 0 saturated carbocycles. The molecule has 78 valence electrons. The predicted octanol–water partition coefficient (Wildman–Crippen LogP) is 0.750. The maximum absolute atomic E-state index is 11.2. The van der Waals surface area contributed by atoms with E-state index in [0.717, 1.165) is 0 Å². The van der Waals surface area contributed by atoms with Gasteiger partial charge in [0, 0.05) is 25.7 Å². The highest BCUT2D eigenvalue weighted by Gasteiger charge is 2.07. The summed E-state index contributed by atoms with van der Waals surface area (Å²) in [4.78, 5) is 23.7. The van der Waals surface area contributed by atoms with Gasteiger partial charge in [-0.2, -0.15) is 0 Å². The van der Waals surface area contributed by atoms with Gasteiger partial charge in [0.2, 0.25) is 5.91 Å². The van der Waals surface area contributed by atoms with Gasteiger partial charge in [-0.3, -0.25) is 4.79 Å². The first-order valence-corrected chi connectivity index (χ1v) is 4.16. The van der Waals surface area contributed by atoms with Crippen LogP contribution in [0.25, 0.3) is 0 Å². The van der Waals surface area contributed by atoms with Gasteiger partial charge in [-0.1, -0.05) is 12.7 Å². The average molecular weight is 197 g/mol. The third-order valence-electron chi connectivity index (χ3n) is 1.44. The molecule has 0 saturated heterocycles. The second-order valence-corrected chi connectivity index (χ2v) is 2.95. The van der Waals surface area contributed by atoms with Gasteiger partial charge in [0.1, 0.15) is 6.61 Å². The molecule has 0 radical (unpaired) electrons. The molecule has 0 rings (SSSR count). The molecule has 0 aliphatic heterocycles. The van der Waals surface area contributed by atoms with Crippen LogP contribution in [-0.2, 0) is 14.3 Å². The van der Waals surface area contributed by atoms with Gasteiger partial charge >= 0.3 is 5.97 Å². The zero-order valence-corrected chi connectivity index (χ0v) is 8.74. The summed E-state index contributed by atoms with van der Waals surface area (Å²) in [6, 6.07) is 0. The summed E-state index contributed by atoms with van der Waals surface area (Å²) in [5, 5.41) is 0. The van der Waals surface area contributed by atoms with E-state index in [2.05, 4.69) is 6.58 Å². The molecule has 0 fully saturated rings. The number of hydrogen-bond acceptors (Lipinski definition) is 3. The van der Waals surface area contributed by atoms with E-state index < -0.39 is 5.97 Å². The van der Waals surface area contributed by atoms with Crippen molar-refractivity contribution in [2.75, 3.05) is 20.7 Å². The van der Waals surface area contributed by atoms with E-state index in [1.54, 1.807) is 14.1 Å². The number of carbonyl (C=O) groups is 2. The molecule has 4 heteroatoms. The number of hydrogen-bond donors (Lipinski definition) is 0. The summed E-state index contributed by atoms with van der Waals surface area (Å²) >= 11 is 0. The monoisotopic (exact) mass is 197 g/mol. The number of amides is 1. The van der Waals surface area contributed by atoms with Gasteiger partial charge in [-0.05, 0) is 6.92 Å². The molecule has 0 aromatic carbocycles. The molecular weight excluding hydrogens is 182 g/mol. The number of esters is 1. The first kappa shape index (κ1) is 12.4. The topological polar surface area (TPSA) is 46.6 Å². The lowest BCUT2D eigenvalue weighted by Gasteiger charge is -2.07. The molecule has 4 nitrogen and oxygen atoms in total. The normalized spacial score (nSPS) is 10.6. The van der Waals surface area contributed by atoms with Gasteiger partial charge in [-0.15, -0.1) is 0 Å². The van der Waals surface area contributed by atoms with Crippen LogP contribution in [0.3, 0.4) is 0 Å². The van der Waals surface area contributed by atoms with Crippen molar-refractivity contribution in [1.29, 1.82) is 0 Å². The highest BCUT2D eigenvalue weighted by atomic mass is 16.5. The molecular formula is C10H15NO3. The molecule has 0 aromatic rings. The minimum Gasteiger partial charge on any atom is -0.458 e. The summed E-state index contributed by atoms with van der Waals surface area (Å²) in [6.45, 7) is 5.10. The number of ether oxygens (including phenoxy) is 1. The average Bonchev–Trinajstić information content (AvgIpc) is 2.13. The van der Waals surface area contributed by atoms with Crippen LogP contribution in [0, 0.1) is 0 Å². The first-order valence-electron chi connectivity index (χ1n) is 4.16. The van der Waals surface area contributed by atoms with Gasteiger partial charge in [0.15, 0.2) is 0 Å². The Kier molecular flexibility index (Phi) is 5.29. The van der Waals surface area contributed by atoms with Gasteiger partial charge in [0.25, 0.3) is 0 Å². The Morgan fingerprint density at radius 1 is 1.43 bits per heavy atom. The molecule has 1 amide bonds. The summed E-state index contributed by atoms with van der Waals surface area (Å²) in [7, 11) is 3.22. The Morgan fingerprint density at radius 3 is 2.43 bits per heavy atom. The van der Waals surface area contributed by atoms with Crippen molar-refractivity contribution >= 4 is 11.9 Å². The molecule has 0 atom stereocenters.